The SMILES string of the molecule is [C-]#[N+]C(C(=O)OCC)=C(c1ccc(F)cc1)c1ccc(F)cc1. The van der Waals surface area contributed by atoms with Crippen molar-refractivity contribution >= 4 is 11.5 Å². The lowest BCUT2D eigenvalue weighted by molar-refractivity contribution is -0.138. The van der Waals surface area contributed by atoms with Gasteiger partial charge in [0.1, 0.15) is 11.6 Å². The van der Waals surface area contributed by atoms with E-state index in [-0.39, 0.29) is 17.9 Å². The first kappa shape index (κ1) is 16.4. The average molecular weight is 313 g/mol. The summed E-state index contributed by atoms with van der Waals surface area (Å²) in [4.78, 5) is 15.3. The number of carbonyl (C=O) groups excluding carboxylic acids is 1. The van der Waals surface area contributed by atoms with Gasteiger partial charge in [-0.15, -0.1) is 0 Å². The van der Waals surface area contributed by atoms with Crippen LogP contribution >= 0.6 is 0 Å². The van der Waals surface area contributed by atoms with Gasteiger partial charge in [0.15, 0.2) is 0 Å². The first-order chi connectivity index (χ1) is 11.1. The normalized spacial score (nSPS) is 9.83. The van der Waals surface area contributed by atoms with Gasteiger partial charge in [-0.3, -0.25) is 4.79 Å². The highest BCUT2D eigenvalue weighted by Gasteiger charge is 2.20. The van der Waals surface area contributed by atoms with Crippen molar-refractivity contribution in [3.8, 4) is 0 Å². The van der Waals surface area contributed by atoms with Gasteiger partial charge in [-0.05, 0) is 42.3 Å². The van der Waals surface area contributed by atoms with Gasteiger partial charge in [-0.2, -0.15) is 0 Å². The molecule has 0 heterocycles. The summed E-state index contributed by atoms with van der Waals surface area (Å²) in [6.45, 7) is 9.06. The van der Waals surface area contributed by atoms with Crippen molar-refractivity contribution in [1.82, 2.24) is 0 Å². The first-order valence-electron chi connectivity index (χ1n) is 6.87. The Morgan fingerprint density at radius 1 is 1.00 bits per heavy atom. The Balaban J connectivity index is 2.68. The second kappa shape index (κ2) is 7.32. The van der Waals surface area contributed by atoms with E-state index in [4.69, 9.17) is 11.3 Å². The lowest BCUT2D eigenvalue weighted by Gasteiger charge is -2.11. The molecule has 23 heavy (non-hydrogen) atoms. The van der Waals surface area contributed by atoms with Crippen LogP contribution in [0.25, 0.3) is 10.4 Å². The van der Waals surface area contributed by atoms with E-state index in [0.29, 0.717) is 11.1 Å². The lowest BCUT2D eigenvalue weighted by Crippen LogP contribution is -2.08. The monoisotopic (exact) mass is 313 g/mol. The van der Waals surface area contributed by atoms with E-state index in [0.717, 1.165) is 0 Å². The number of halogens is 2. The van der Waals surface area contributed by atoms with Gasteiger partial charge in [-0.25, -0.2) is 13.6 Å². The van der Waals surface area contributed by atoms with E-state index in [1.807, 2.05) is 0 Å². The highest BCUT2D eigenvalue weighted by atomic mass is 19.1. The number of rotatable bonds is 4. The molecule has 0 spiro atoms. The van der Waals surface area contributed by atoms with Crippen LogP contribution < -0.4 is 0 Å². The Kier molecular flexibility index (Phi) is 5.21. The molecule has 0 amide bonds. The van der Waals surface area contributed by atoms with E-state index in [1.54, 1.807) is 6.92 Å². The average Bonchev–Trinajstić information content (AvgIpc) is 2.55. The Hall–Kier alpha value is -3.00. The third kappa shape index (κ3) is 3.80. The fourth-order valence-corrected chi connectivity index (χ4v) is 2.08. The molecule has 116 valence electrons. The predicted octanol–water partition coefficient (Wildman–Crippen LogP) is 4.21. The summed E-state index contributed by atoms with van der Waals surface area (Å²) < 4.78 is 31.2. The molecule has 0 aliphatic carbocycles. The molecular weight excluding hydrogens is 300 g/mol. The third-order valence-corrected chi connectivity index (χ3v) is 3.08. The van der Waals surface area contributed by atoms with Crippen molar-refractivity contribution < 1.29 is 18.3 Å². The molecule has 0 unspecified atom stereocenters. The van der Waals surface area contributed by atoms with E-state index in [1.165, 1.54) is 48.5 Å². The maximum Gasteiger partial charge on any atom is 0.336 e. The molecule has 0 saturated heterocycles. The number of nitrogens with zero attached hydrogens (tertiary/aromatic N) is 1. The molecule has 5 heteroatoms. The number of benzene rings is 2. The third-order valence-electron chi connectivity index (χ3n) is 3.08. The predicted molar refractivity (Wildman–Crippen MR) is 82.1 cm³/mol. The quantitative estimate of drug-likeness (QED) is 0.481. The second-order valence-electron chi connectivity index (χ2n) is 4.57. The molecule has 0 aliphatic heterocycles. The summed E-state index contributed by atoms with van der Waals surface area (Å²) in [6.07, 6.45) is 0. The number of ether oxygens (including phenoxy) is 1. The second-order valence-corrected chi connectivity index (χ2v) is 4.57. The van der Waals surface area contributed by atoms with Gasteiger partial charge in [0.25, 0.3) is 5.70 Å². The van der Waals surface area contributed by atoms with Crippen LogP contribution in [0.15, 0.2) is 54.2 Å². The summed E-state index contributed by atoms with van der Waals surface area (Å²) in [5.74, 6) is -1.65. The fraction of sp³-hybridized carbons (Fsp3) is 0.111. The molecule has 2 aromatic rings. The van der Waals surface area contributed by atoms with Crippen LogP contribution in [0.3, 0.4) is 0 Å². The van der Waals surface area contributed by atoms with E-state index in [2.05, 4.69) is 4.85 Å². The highest BCUT2D eigenvalue weighted by molar-refractivity contribution is 6.03. The Morgan fingerprint density at radius 2 is 1.43 bits per heavy atom. The fourth-order valence-electron chi connectivity index (χ4n) is 2.08. The molecule has 0 atom stereocenters. The number of hydrogen-bond acceptors (Lipinski definition) is 2. The van der Waals surface area contributed by atoms with Gasteiger partial charge in [0.05, 0.1) is 13.2 Å². The lowest BCUT2D eigenvalue weighted by atomic mass is 9.96. The summed E-state index contributed by atoms with van der Waals surface area (Å²) in [5.41, 5.74) is 0.984. The van der Waals surface area contributed by atoms with Crippen molar-refractivity contribution in [2.24, 2.45) is 0 Å². The molecule has 0 saturated carbocycles. The zero-order valence-electron chi connectivity index (χ0n) is 12.3. The van der Waals surface area contributed by atoms with Crippen LogP contribution in [0.4, 0.5) is 8.78 Å². The minimum Gasteiger partial charge on any atom is -0.471 e. The van der Waals surface area contributed by atoms with E-state index < -0.39 is 17.6 Å². The zero-order valence-corrected chi connectivity index (χ0v) is 12.3. The molecule has 0 bridgehead atoms. The van der Waals surface area contributed by atoms with Crippen molar-refractivity contribution in [3.63, 3.8) is 0 Å². The van der Waals surface area contributed by atoms with Gasteiger partial charge in [0.2, 0.25) is 0 Å². The highest BCUT2D eigenvalue weighted by Crippen LogP contribution is 2.29. The standard InChI is InChI=1S/C18H13F2NO2/c1-3-23-18(22)17(21-2)16(12-4-8-14(19)9-5-12)13-6-10-15(20)11-7-13/h4-11H,3H2,1H3. The molecule has 0 radical (unpaired) electrons. The maximum absolute atomic E-state index is 13.2. The summed E-state index contributed by atoms with van der Waals surface area (Å²) in [5, 5.41) is 0. The zero-order chi connectivity index (χ0) is 16.8. The molecule has 2 rings (SSSR count). The molecular formula is C18H13F2NO2. The van der Waals surface area contributed by atoms with Crippen LogP contribution in [0.1, 0.15) is 18.1 Å². The van der Waals surface area contributed by atoms with E-state index in [9.17, 15) is 13.6 Å². The summed E-state index contributed by atoms with van der Waals surface area (Å²) >= 11 is 0. The van der Waals surface area contributed by atoms with Crippen LogP contribution in [-0.2, 0) is 9.53 Å². The molecule has 2 aromatic carbocycles. The minimum absolute atomic E-state index is 0.123. The Labute approximate surface area is 132 Å². The Bertz CT molecular complexity index is 725. The van der Waals surface area contributed by atoms with Gasteiger partial charge >= 0.3 is 5.97 Å². The van der Waals surface area contributed by atoms with Gasteiger partial charge in [-0.1, -0.05) is 24.3 Å². The number of esters is 1. The Morgan fingerprint density at radius 3 is 1.78 bits per heavy atom. The van der Waals surface area contributed by atoms with Crippen molar-refractivity contribution in [2.75, 3.05) is 6.61 Å². The molecule has 3 nitrogen and oxygen atoms in total. The van der Waals surface area contributed by atoms with Crippen LogP contribution in [0.5, 0.6) is 0 Å². The number of hydrogen-bond donors (Lipinski definition) is 0. The molecule has 0 fully saturated rings. The summed E-state index contributed by atoms with van der Waals surface area (Å²) in [7, 11) is 0. The largest absolute Gasteiger partial charge is 0.471 e. The number of carbonyl (C=O) groups is 1. The van der Waals surface area contributed by atoms with Crippen molar-refractivity contribution in [2.45, 2.75) is 6.92 Å². The van der Waals surface area contributed by atoms with Crippen LogP contribution in [0, 0.1) is 18.2 Å². The minimum atomic E-state index is -0.772. The van der Waals surface area contributed by atoms with Crippen molar-refractivity contribution in [1.29, 1.82) is 0 Å². The van der Waals surface area contributed by atoms with Gasteiger partial charge in [0, 0.05) is 5.57 Å². The molecule has 0 N–H and O–H groups in total. The topological polar surface area (TPSA) is 30.7 Å². The maximum atomic E-state index is 13.2. The summed E-state index contributed by atoms with van der Waals surface area (Å²) in [6, 6.07) is 10.7. The molecule has 0 aromatic heterocycles. The molecule has 0 aliphatic rings. The van der Waals surface area contributed by atoms with E-state index >= 15 is 0 Å². The van der Waals surface area contributed by atoms with Crippen LogP contribution in [0.2, 0.25) is 0 Å². The van der Waals surface area contributed by atoms with Gasteiger partial charge < -0.3 is 4.74 Å². The van der Waals surface area contributed by atoms with Crippen LogP contribution in [-0.4, -0.2) is 12.6 Å². The van der Waals surface area contributed by atoms with Crippen molar-refractivity contribution in [3.05, 3.63) is 88.4 Å². The first-order valence-corrected chi connectivity index (χ1v) is 6.87. The smallest absolute Gasteiger partial charge is 0.336 e.